The topological polar surface area (TPSA) is 64.6 Å². The normalized spacial score (nSPS) is 23.0. The summed E-state index contributed by atoms with van der Waals surface area (Å²) in [4.78, 5) is 0. The zero-order valence-corrected chi connectivity index (χ0v) is 28.9. The van der Waals surface area contributed by atoms with Crippen LogP contribution in [0.3, 0.4) is 0 Å². The van der Waals surface area contributed by atoms with Gasteiger partial charge in [0.15, 0.2) is 12.4 Å². The van der Waals surface area contributed by atoms with Crippen LogP contribution in [0.25, 0.3) is 0 Å². The van der Waals surface area contributed by atoms with E-state index in [4.69, 9.17) is 33.2 Å². The third-order valence-electron chi connectivity index (χ3n) is 8.93. The maximum atomic E-state index is 6.85. The minimum absolute atomic E-state index is 0.103. The third-order valence-corrected chi connectivity index (χ3v) is 8.93. The molecule has 6 rings (SSSR count). The van der Waals surface area contributed by atoms with Crippen LogP contribution in [0, 0.1) is 0 Å². The molecule has 0 radical (unpaired) electrons. The lowest BCUT2D eigenvalue weighted by Gasteiger charge is -2.43. The molecule has 7 nitrogen and oxygen atoms in total. The van der Waals surface area contributed by atoms with Crippen molar-refractivity contribution in [3.05, 3.63) is 155 Å². The van der Waals surface area contributed by atoms with Crippen molar-refractivity contribution in [1.29, 1.82) is 0 Å². The summed E-state index contributed by atoms with van der Waals surface area (Å²) in [6.45, 7) is 3.39. The molecule has 0 spiro atoms. The van der Waals surface area contributed by atoms with Crippen molar-refractivity contribution in [2.45, 2.75) is 89.2 Å². The van der Waals surface area contributed by atoms with Crippen LogP contribution in [-0.4, -0.2) is 50.5 Å². The van der Waals surface area contributed by atoms with Crippen molar-refractivity contribution >= 4 is 0 Å². The molecule has 0 amide bonds. The molecular weight excluding hydrogens is 628 g/mol. The number of rotatable bonds is 18. The summed E-state index contributed by atoms with van der Waals surface area (Å²) in [6.07, 6.45) is 4.94. The number of benzene rings is 4. The van der Waals surface area contributed by atoms with Gasteiger partial charge in [0, 0.05) is 6.61 Å². The minimum Gasteiger partial charge on any atom is -0.487 e. The second-order valence-corrected chi connectivity index (χ2v) is 12.8. The molecule has 4 aromatic rings. The molecule has 0 N–H and O–H groups in total. The Balaban J connectivity index is 1.25. The van der Waals surface area contributed by atoms with E-state index < -0.39 is 24.4 Å². The van der Waals surface area contributed by atoms with E-state index in [1.54, 1.807) is 0 Å². The van der Waals surface area contributed by atoms with Crippen molar-refractivity contribution < 1.29 is 33.2 Å². The lowest BCUT2D eigenvalue weighted by Crippen LogP contribution is -2.56. The fourth-order valence-corrected chi connectivity index (χ4v) is 6.25. The molecule has 0 bridgehead atoms. The van der Waals surface area contributed by atoms with Gasteiger partial charge in [0.2, 0.25) is 0 Å². The van der Waals surface area contributed by atoms with Crippen LogP contribution in [0.4, 0.5) is 0 Å². The van der Waals surface area contributed by atoms with E-state index in [-0.39, 0.29) is 6.29 Å². The summed E-state index contributed by atoms with van der Waals surface area (Å²) in [7, 11) is 0. The molecule has 0 aliphatic carbocycles. The average molecular weight is 679 g/mol. The average Bonchev–Trinajstić information content (AvgIpc) is 3.18. The standard InChI is InChI=1S/C43H50O7/c1-5-17-34(18-6-1)29-44-33-39-42(48-31-36-21-9-3-10-22-36)43(49-32-37-23-11-4-12-24-37)41(47-30-35-19-7-2-8-20-35)38(50-39)25-13-15-27-45-40-26-14-16-28-46-40/h1-12,17-25,39-43H,13-16,26-33H2/b38-25-/t39-,40?,41+,42-,43-/m1/s1. The van der Waals surface area contributed by atoms with Crippen LogP contribution in [0.2, 0.25) is 0 Å². The largest absolute Gasteiger partial charge is 0.487 e. The molecular formula is C43H50O7. The van der Waals surface area contributed by atoms with E-state index in [0.717, 1.165) is 66.7 Å². The fourth-order valence-electron chi connectivity index (χ4n) is 6.25. The molecule has 2 fully saturated rings. The van der Waals surface area contributed by atoms with Gasteiger partial charge < -0.3 is 33.2 Å². The lowest BCUT2D eigenvalue weighted by molar-refractivity contribution is -0.223. The van der Waals surface area contributed by atoms with E-state index >= 15 is 0 Å². The first-order valence-corrected chi connectivity index (χ1v) is 18.0. The first kappa shape index (κ1) is 36.0. The molecule has 50 heavy (non-hydrogen) atoms. The fraction of sp³-hybridized carbons (Fsp3) is 0.395. The minimum atomic E-state index is -0.507. The van der Waals surface area contributed by atoms with Gasteiger partial charge in [-0.15, -0.1) is 0 Å². The van der Waals surface area contributed by atoms with Crippen LogP contribution in [0.5, 0.6) is 0 Å². The van der Waals surface area contributed by atoms with Gasteiger partial charge >= 0.3 is 0 Å². The maximum Gasteiger partial charge on any atom is 0.157 e. The summed E-state index contributed by atoms with van der Waals surface area (Å²) in [5, 5.41) is 0. The Bertz CT molecular complexity index is 1510. The number of allylic oxidation sites excluding steroid dienone is 1. The Kier molecular flexibility index (Phi) is 14.5. The van der Waals surface area contributed by atoms with Crippen molar-refractivity contribution in [3.63, 3.8) is 0 Å². The molecule has 1 unspecified atom stereocenters. The van der Waals surface area contributed by atoms with E-state index in [2.05, 4.69) is 54.6 Å². The van der Waals surface area contributed by atoms with Crippen LogP contribution < -0.4 is 0 Å². The zero-order valence-electron chi connectivity index (χ0n) is 28.9. The van der Waals surface area contributed by atoms with Gasteiger partial charge in [0.05, 0.1) is 39.6 Å². The Morgan fingerprint density at radius 2 is 1.12 bits per heavy atom. The van der Waals surface area contributed by atoms with Gasteiger partial charge in [0.25, 0.3) is 0 Å². The van der Waals surface area contributed by atoms with Gasteiger partial charge in [-0.05, 0) is 60.4 Å². The number of unbranched alkanes of at least 4 members (excludes halogenated alkanes) is 1. The van der Waals surface area contributed by atoms with Gasteiger partial charge in [-0.25, -0.2) is 0 Å². The molecule has 2 heterocycles. The molecule has 5 atom stereocenters. The van der Waals surface area contributed by atoms with Crippen LogP contribution in [0.1, 0.15) is 54.4 Å². The van der Waals surface area contributed by atoms with E-state index in [1.165, 1.54) is 0 Å². The highest BCUT2D eigenvalue weighted by Gasteiger charge is 2.46. The van der Waals surface area contributed by atoms with Gasteiger partial charge in [-0.3, -0.25) is 0 Å². The summed E-state index contributed by atoms with van der Waals surface area (Å²) in [5.41, 5.74) is 4.32. The van der Waals surface area contributed by atoms with Crippen molar-refractivity contribution in [3.8, 4) is 0 Å². The molecule has 4 aromatic carbocycles. The molecule has 2 saturated heterocycles. The van der Waals surface area contributed by atoms with E-state index in [0.29, 0.717) is 39.6 Å². The lowest BCUT2D eigenvalue weighted by atomic mass is 9.96. The quantitative estimate of drug-likeness (QED) is 0.0978. The molecule has 2 aliphatic rings. The molecule has 0 saturated carbocycles. The molecule has 7 heteroatoms. The molecule has 2 aliphatic heterocycles. The van der Waals surface area contributed by atoms with Crippen LogP contribution in [0.15, 0.2) is 133 Å². The predicted molar refractivity (Wildman–Crippen MR) is 193 cm³/mol. The maximum absolute atomic E-state index is 6.85. The zero-order chi connectivity index (χ0) is 34.1. The van der Waals surface area contributed by atoms with Gasteiger partial charge in [-0.2, -0.15) is 0 Å². The van der Waals surface area contributed by atoms with Gasteiger partial charge in [0.1, 0.15) is 24.1 Å². The van der Waals surface area contributed by atoms with Crippen molar-refractivity contribution in [2.75, 3.05) is 19.8 Å². The van der Waals surface area contributed by atoms with Crippen molar-refractivity contribution in [2.24, 2.45) is 0 Å². The summed E-state index contributed by atoms with van der Waals surface area (Å²) in [6, 6.07) is 40.8. The van der Waals surface area contributed by atoms with Gasteiger partial charge in [-0.1, -0.05) is 121 Å². The van der Waals surface area contributed by atoms with Crippen molar-refractivity contribution in [1.82, 2.24) is 0 Å². The second-order valence-electron chi connectivity index (χ2n) is 12.8. The third kappa shape index (κ3) is 11.4. The Morgan fingerprint density at radius 1 is 0.580 bits per heavy atom. The first-order valence-electron chi connectivity index (χ1n) is 18.0. The van der Waals surface area contributed by atoms with Crippen LogP contribution in [-0.2, 0) is 59.6 Å². The molecule has 0 aromatic heterocycles. The second kappa shape index (κ2) is 20.1. The SMILES string of the molecule is C(/CCCOC1CCCCO1)=C1/O[C@H](COCc2ccccc2)[C@@H](OCc2ccccc2)[C@H](OCc2ccccc2)[C@H]1OCc1ccccc1. The van der Waals surface area contributed by atoms with Crippen LogP contribution >= 0.6 is 0 Å². The number of ether oxygens (including phenoxy) is 7. The van der Waals surface area contributed by atoms with E-state index in [1.807, 2.05) is 72.8 Å². The highest BCUT2D eigenvalue weighted by Crippen LogP contribution is 2.33. The number of hydrogen-bond donors (Lipinski definition) is 0. The first-order chi connectivity index (χ1) is 24.8. The summed E-state index contributed by atoms with van der Waals surface area (Å²) in [5.74, 6) is 0.737. The number of hydrogen-bond acceptors (Lipinski definition) is 7. The predicted octanol–water partition coefficient (Wildman–Crippen LogP) is 8.57. The monoisotopic (exact) mass is 678 g/mol. The van der Waals surface area contributed by atoms with E-state index in [9.17, 15) is 0 Å². The Morgan fingerprint density at radius 3 is 1.68 bits per heavy atom. The highest BCUT2D eigenvalue weighted by atomic mass is 16.7. The smallest absolute Gasteiger partial charge is 0.157 e. The summed E-state index contributed by atoms with van der Waals surface area (Å²) >= 11 is 0. The molecule has 264 valence electrons. The Labute approximate surface area is 297 Å². The summed E-state index contributed by atoms with van der Waals surface area (Å²) < 4.78 is 45.3. The Hall–Kier alpha value is -3.82. The highest BCUT2D eigenvalue weighted by molar-refractivity contribution is 5.18.